The highest BCUT2D eigenvalue weighted by molar-refractivity contribution is 7.89. The van der Waals surface area contributed by atoms with Crippen molar-refractivity contribution in [3.05, 3.63) is 59.4 Å². The van der Waals surface area contributed by atoms with Crippen molar-refractivity contribution in [1.82, 2.24) is 4.31 Å². The third kappa shape index (κ3) is 3.92. The molecule has 0 spiro atoms. The number of hydrogen-bond donors (Lipinski definition) is 0. The van der Waals surface area contributed by atoms with Crippen molar-refractivity contribution in [2.75, 3.05) is 26.3 Å². The SMILES string of the molecule is Cc1cccc(OC(=O)c2cc(S(=O)(=O)N3CCOCC3)ccc2F)c1. The summed E-state index contributed by atoms with van der Waals surface area (Å²) >= 11 is 0. The zero-order valence-corrected chi connectivity index (χ0v) is 15.0. The summed E-state index contributed by atoms with van der Waals surface area (Å²) in [6, 6.07) is 9.84. The molecule has 0 amide bonds. The second kappa shape index (κ2) is 7.53. The van der Waals surface area contributed by atoms with Gasteiger partial charge in [-0.15, -0.1) is 0 Å². The van der Waals surface area contributed by atoms with Crippen molar-refractivity contribution < 1.29 is 27.1 Å². The maximum atomic E-state index is 14.1. The van der Waals surface area contributed by atoms with Gasteiger partial charge in [0.1, 0.15) is 11.6 Å². The molecular formula is C18H18FNO5S. The molecule has 2 aromatic rings. The van der Waals surface area contributed by atoms with E-state index >= 15 is 0 Å². The number of sulfonamides is 1. The van der Waals surface area contributed by atoms with Crippen molar-refractivity contribution in [1.29, 1.82) is 0 Å². The van der Waals surface area contributed by atoms with Crippen LogP contribution in [0.4, 0.5) is 4.39 Å². The maximum absolute atomic E-state index is 14.1. The fourth-order valence-electron chi connectivity index (χ4n) is 2.60. The molecule has 138 valence electrons. The Bertz CT molecular complexity index is 923. The first kappa shape index (κ1) is 18.5. The van der Waals surface area contributed by atoms with E-state index in [1.54, 1.807) is 18.2 Å². The van der Waals surface area contributed by atoms with Crippen LogP contribution in [0.25, 0.3) is 0 Å². The molecule has 6 nitrogen and oxygen atoms in total. The Labute approximate surface area is 151 Å². The fourth-order valence-corrected chi connectivity index (χ4v) is 4.03. The number of rotatable bonds is 4. The third-order valence-electron chi connectivity index (χ3n) is 3.97. The van der Waals surface area contributed by atoms with Gasteiger partial charge in [0, 0.05) is 13.1 Å². The van der Waals surface area contributed by atoms with Crippen LogP contribution >= 0.6 is 0 Å². The number of halogens is 1. The molecule has 1 aliphatic rings. The lowest BCUT2D eigenvalue weighted by Crippen LogP contribution is -2.40. The van der Waals surface area contributed by atoms with Gasteiger partial charge in [-0.3, -0.25) is 0 Å². The highest BCUT2D eigenvalue weighted by Crippen LogP contribution is 2.22. The predicted molar refractivity (Wildman–Crippen MR) is 92.1 cm³/mol. The van der Waals surface area contributed by atoms with E-state index in [1.807, 2.05) is 13.0 Å². The third-order valence-corrected chi connectivity index (χ3v) is 5.86. The summed E-state index contributed by atoms with van der Waals surface area (Å²) < 4.78 is 51.0. The van der Waals surface area contributed by atoms with Gasteiger partial charge in [-0.05, 0) is 42.8 Å². The average Bonchev–Trinajstić information content (AvgIpc) is 2.62. The second-order valence-electron chi connectivity index (χ2n) is 5.86. The normalized spacial score (nSPS) is 15.6. The quantitative estimate of drug-likeness (QED) is 0.602. The van der Waals surface area contributed by atoms with Crippen LogP contribution in [0, 0.1) is 12.7 Å². The van der Waals surface area contributed by atoms with Gasteiger partial charge in [0.05, 0.1) is 23.7 Å². The molecule has 2 aromatic carbocycles. The molecule has 1 saturated heterocycles. The fraction of sp³-hybridized carbons (Fsp3) is 0.278. The van der Waals surface area contributed by atoms with E-state index in [-0.39, 0.29) is 23.7 Å². The highest BCUT2D eigenvalue weighted by Gasteiger charge is 2.28. The molecule has 0 atom stereocenters. The molecule has 0 N–H and O–H groups in total. The van der Waals surface area contributed by atoms with E-state index in [9.17, 15) is 17.6 Å². The number of esters is 1. The zero-order valence-electron chi connectivity index (χ0n) is 14.1. The van der Waals surface area contributed by atoms with Crippen LogP contribution in [0.5, 0.6) is 5.75 Å². The maximum Gasteiger partial charge on any atom is 0.346 e. The van der Waals surface area contributed by atoms with E-state index in [1.165, 1.54) is 4.31 Å². The molecule has 0 aromatic heterocycles. The molecule has 1 fully saturated rings. The van der Waals surface area contributed by atoms with Gasteiger partial charge < -0.3 is 9.47 Å². The molecule has 26 heavy (non-hydrogen) atoms. The standard InChI is InChI=1S/C18H18FNO5S/c1-13-3-2-4-14(11-13)25-18(21)16-12-15(5-6-17(16)19)26(22,23)20-7-9-24-10-8-20/h2-6,11-12H,7-10H2,1H3. The molecule has 0 saturated carbocycles. The largest absolute Gasteiger partial charge is 0.423 e. The van der Waals surface area contributed by atoms with E-state index < -0.39 is 27.4 Å². The number of carbonyl (C=O) groups excluding carboxylic acids is 1. The summed E-state index contributed by atoms with van der Waals surface area (Å²) in [7, 11) is -3.84. The van der Waals surface area contributed by atoms with Crippen molar-refractivity contribution in [2.24, 2.45) is 0 Å². The molecule has 1 heterocycles. The monoisotopic (exact) mass is 379 g/mol. The summed E-state index contributed by atoms with van der Waals surface area (Å²) in [5.74, 6) is -1.54. The van der Waals surface area contributed by atoms with Gasteiger partial charge >= 0.3 is 5.97 Å². The molecule has 0 aliphatic carbocycles. The number of carbonyl (C=O) groups is 1. The van der Waals surface area contributed by atoms with Crippen LogP contribution in [0.2, 0.25) is 0 Å². The summed E-state index contributed by atoms with van der Waals surface area (Å²) in [4.78, 5) is 12.2. The minimum Gasteiger partial charge on any atom is -0.423 e. The molecule has 1 aliphatic heterocycles. The summed E-state index contributed by atoms with van der Waals surface area (Å²) in [6.45, 7) is 2.84. The first-order valence-corrected chi connectivity index (χ1v) is 9.48. The van der Waals surface area contributed by atoms with Crippen LogP contribution in [0.1, 0.15) is 15.9 Å². The summed E-state index contributed by atoms with van der Waals surface area (Å²) in [5, 5.41) is 0. The average molecular weight is 379 g/mol. The van der Waals surface area contributed by atoms with Crippen molar-refractivity contribution in [3.63, 3.8) is 0 Å². The number of nitrogens with zero attached hydrogens (tertiary/aromatic N) is 1. The lowest BCUT2D eigenvalue weighted by Gasteiger charge is -2.26. The Kier molecular flexibility index (Phi) is 5.36. The van der Waals surface area contributed by atoms with Gasteiger partial charge in [0.2, 0.25) is 10.0 Å². The molecule has 3 rings (SSSR count). The van der Waals surface area contributed by atoms with E-state index in [2.05, 4.69) is 0 Å². The summed E-state index contributed by atoms with van der Waals surface area (Å²) in [6.07, 6.45) is 0. The van der Waals surface area contributed by atoms with Crippen molar-refractivity contribution in [2.45, 2.75) is 11.8 Å². The first-order valence-electron chi connectivity index (χ1n) is 8.04. The van der Waals surface area contributed by atoms with Crippen molar-refractivity contribution in [3.8, 4) is 5.75 Å². The van der Waals surface area contributed by atoms with Crippen molar-refractivity contribution >= 4 is 16.0 Å². The topological polar surface area (TPSA) is 72.9 Å². The molecule has 0 radical (unpaired) electrons. The number of morpholine rings is 1. The summed E-state index contributed by atoms with van der Waals surface area (Å²) in [5.41, 5.74) is 0.445. The van der Waals surface area contributed by atoms with E-state index in [4.69, 9.17) is 9.47 Å². The van der Waals surface area contributed by atoms with Gasteiger partial charge in [0.15, 0.2) is 0 Å². The van der Waals surface area contributed by atoms with Crippen LogP contribution in [0.3, 0.4) is 0 Å². The van der Waals surface area contributed by atoms with Crippen LogP contribution in [-0.4, -0.2) is 45.0 Å². The Morgan fingerprint density at radius 1 is 1.15 bits per heavy atom. The second-order valence-corrected chi connectivity index (χ2v) is 7.80. The minimum absolute atomic E-state index is 0.156. The number of hydrogen-bond acceptors (Lipinski definition) is 5. The molecular weight excluding hydrogens is 361 g/mol. The van der Waals surface area contributed by atoms with Gasteiger partial charge in [-0.1, -0.05) is 12.1 Å². The minimum atomic E-state index is -3.84. The Balaban J connectivity index is 1.88. The van der Waals surface area contributed by atoms with Gasteiger partial charge in [0.25, 0.3) is 0 Å². The Morgan fingerprint density at radius 2 is 1.88 bits per heavy atom. The van der Waals surface area contributed by atoms with Crippen LogP contribution in [0.15, 0.2) is 47.4 Å². The van der Waals surface area contributed by atoms with E-state index in [0.717, 1.165) is 23.8 Å². The molecule has 0 unspecified atom stereocenters. The molecule has 8 heteroatoms. The van der Waals surface area contributed by atoms with Crippen LogP contribution < -0.4 is 4.74 Å². The van der Waals surface area contributed by atoms with E-state index in [0.29, 0.717) is 13.2 Å². The highest BCUT2D eigenvalue weighted by atomic mass is 32.2. The Morgan fingerprint density at radius 3 is 2.58 bits per heavy atom. The predicted octanol–water partition coefficient (Wildman–Crippen LogP) is 2.37. The lowest BCUT2D eigenvalue weighted by atomic mass is 10.2. The number of benzene rings is 2. The zero-order chi connectivity index (χ0) is 18.7. The van der Waals surface area contributed by atoms with Crippen LogP contribution in [-0.2, 0) is 14.8 Å². The lowest BCUT2D eigenvalue weighted by molar-refractivity contribution is 0.0724. The first-order chi connectivity index (χ1) is 12.4. The number of aryl methyl sites for hydroxylation is 1. The van der Waals surface area contributed by atoms with Gasteiger partial charge in [-0.2, -0.15) is 4.31 Å². The smallest absolute Gasteiger partial charge is 0.346 e. The number of ether oxygens (including phenoxy) is 2. The molecule has 0 bridgehead atoms. The van der Waals surface area contributed by atoms with Gasteiger partial charge in [-0.25, -0.2) is 17.6 Å². The Hall–Kier alpha value is -2.29.